The Morgan fingerprint density at radius 1 is 1.10 bits per heavy atom. The van der Waals surface area contributed by atoms with Crippen LogP contribution in [0.1, 0.15) is 25.3 Å². The van der Waals surface area contributed by atoms with E-state index in [1.54, 1.807) is 0 Å². The Balaban J connectivity index is 1.88. The van der Waals surface area contributed by atoms with Crippen molar-refractivity contribution in [2.75, 3.05) is 32.2 Å². The van der Waals surface area contributed by atoms with Gasteiger partial charge in [-0.2, -0.15) is 0 Å². The number of para-hydroxylation sites is 1. The number of ether oxygens (including phenoxy) is 2. The number of nitrogens with one attached hydrogen (secondary N) is 1. The fourth-order valence-corrected chi connectivity index (χ4v) is 2.13. The standard InChI is InChI=1S/C17H24N2O2/c1-3-4-9-20-10-11-21-13-15-12-14-7-5-6-8-16(14)19-17(15)18-2/h5-8,12H,3-4,9-11,13H2,1-2H3,(H,18,19). The van der Waals surface area contributed by atoms with Gasteiger partial charge in [-0.05, 0) is 18.6 Å². The predicted molar refractivity (Wildman–Crippen MR) is 86.7 cm³/mol. The molecule has 0 amide bonds. The van der Waals surface area contributed by atoms with Gasteiger partial charge in [0.1, 0.15) is 5.82 Å². The molecular formula is C17H24N2O2. The maximum atomic E-state index is 5.69. The van der Waals surface area contributed by atoms with Gasteiger partial charge in [-0.1, -0.05) is 31.5 Å². The molecule has 4 heteroatoms. The quantitative estimate of drug-likeness (QED) is 0.716. The molecule has 1 N–H and O–H groups in total. The molecule has 0 radical (unpaired) electrons. The van der Waals surface area contributed by atoms with E-state index in [9.17, 15) is 0 Å². The van der Waals surface area contributed by atoms with Crippen LogP contribution in [0.15, 0.2) is 30.3 Å². The summed E-state index contributed by atoms with van der Waals surface area (Å²) in [5.74, 6) is 0.876. The van der Waals surface area contributed by atoms with Crippen molar-refractivity contribution in [1.29, 1.82) is 0 Å². The number of fused-ring (bicyclic) bond motifs is 1. The summed E-state index contributed by atoms with van der Waals surface area (Å²) >= 11 is 0. The Bertz CT molecular complexity index is 557. The molecule has 0 aliphatic rings. The van der Waals surface area contributed by atoms with Gasteiger partial charge in [0.2, 0.25) is 0 Å². The number of nitrogens with zero attached hydrogens (tertiary/aromatic N) is 1. The number of pyridine rings is 1. The Morgan fingerprint density at radius 2 is 1.90 bits per heavy atom. The van der Waals surface area contributed by atoms with Crippen LogP contribution in [0.2, 0.25) is 0 Å². The average Bonchev–Trinajstić information content (AvgIpc) is 2.53. The Labute approximate surface area is 126 Å². The van der Waals surface area contributed by atoms with Crippen molar-refractivity contribution >= 4 is 16.7 Å². The van der Waals surface area contributed by atoms with Crippen LogP contribution in [-0.2, 0) is 16.1 Å². The molecule has 0 fully saturated rings. The van der Waals surface area contributed by atoms with Gasteiger partial charge in [-0.3, -0.25) is 0 Å². The van der Waals surface area contributed by atoms with Crippen molar-refractivity contribution < 1.29 is 9.47 Å². The van der Waals surface area contributed by atoms with E-state index in [2.05, 4.69) is 29.4 Å². The molecule has 1 aromatic carbocycles. The van der Waals surface area contributed by atoms with E-state index >= 15 is 0 Å². The van der Waals surface area contributed by atoms with Crippen molar-refractivity contribution in [1.82, 2.24) is 4.98 Å². The highest BCUT2D eigenvalue weighted by Crippen LogP contribution is 2.20. The van der Waals surface area contributed by atoms with Crippen molar-refractivity contribution in [2.45, 2.75) is 26.4 Å². The highest BCUT2D eigenvalue weighted by Gasteiger charge is 2.05. The zero-order valence-electron chi connectivity index (χ0n) is 12.9. The Morgan fingerprint density at radius 3 is 2.71 bits per heavy atom. The number of benzene rings is 1. The number of hydrogen-bond acceptors (Lipinski definition) is 4. The summed E-state index contributed by atoms with van der Waals surface area (Å²) in [4.78, 5) is 4.61. The van der Waals surface area contributed by atoms with Crippen molar-refractivity contribution in [3.8, 4) is 0 Å². The first-order chi connectivity index (χ1) is 10.3. The lowest BCUT2D eigenvalue weighted by atomic mass is 10.1. The van der Waals surface area contributed by atoms with E-state index in [0.29, 0.717) is 19.8 Å². The van der Waals surface area contributed by atoms with Gasteiger partial charge in [0, 0.05) is 24.6 Å². The molecule has 21 heavy (non-hydrogen) atoms. The highest BCUT2D eigenvalue weighted by molar-refractivity contribution is 5.81. The van der Waals surface area contributed by atoms with Crippen LogP contribution < -0.4 is 5.32 Å². The molecule has 0 bridgehead atoms. The smallest absolute Gasteiger partial charge is 0.131 e. The van der Waals surface area contributed by atoms with E-state index < -0.39 is 0 Å². The second-order valence-corrected chi connectivity index (χ2v) is 4.96. The van der Waals surface area contributed by atoms with E-state index in [-0.39, 0.29) is 0 Å². The van der Waals surface area contributed by atoms with Crippen molar-refractivity contribution in [3.63, 3.8) is 0 Å². The first-order valence-electron chi connectivity index (χ1n) is 7.57. The molecule has 114 valence electrons. The zero-order chi connectivity index (χ0) is 14.9. The molecule has 2 aromatic rings. The fourth-order valence-electron chi connectivity index (χ4n) is 2.13. The summed E-state index contributed by atoms with van der Waals surface area (Å²) in [7, 11) is 1.88. The number of anilines is 1. The topological polar surface area (TPSA) is 43.4 Å². The third-order valence-corrected chi connectivity index (χ3v) is 3.31. The van der Waals surface area contributed by atoms with Gasteiger partial charge in [0.25, 0.3) is 0 Å². The number of aromatic nitrogens is 1. The lowest BCUT2D eigenvalue weighted by molar-refractivity contribution is 0.0398. The minimum atomic E-state index is 0.547. The Kier molecular flexibility index (Phi) is 6.44. The van der Waals surface area contributed by atoms with Crippen LogP contribution in [0.4, 0.5) is 5.82 Å². The molecule has 4 nitrogen and oxygen atoms in total. The molecule has 2 rings (SSSR count). The van der Waals surface area contributed by atoms with Gasteiger partial charge < -0.3 is 14.8 Å². The van der Waals surface area contributed by atoms with Gasteiger partial charge in [0.05, 0.1) is 25.3 Å². The van der Waals surface area contributed by atoms with E-state index in [1.165, 1.54) is 0 Å². The van der Waals surface area contributed by atoms with Crippen LogP contribution >= 0.6 is 0 Å². The van der Waals surface area contributed by atoms with Gasteiger partial charge in [0.15, 0.2) is 0 Å². The molecule has 0 spiro atoms. The molecule has 1 aromatic heterocycles. The largest absolute Gasteiger partial charge is 0.379 e. The van der Waals surface area contributed by atoms with Crippen LogP contribution in [0.25, 0.3) is 10.9 Å². The third kappa shape index (κ3) is 4.69. The molecule has 0 saturated heterocycles. The Hall–Kier alpha value is -1.65. The minimum Gasteiger partial charge on any atom is -0.379 e. The molecule has 0 aliphatic carbocycles. The summed E-state index contributed by atoms with van der Waals surface area (Å²) in [6, 6.07) is 10.2. The SMILES string of the molecule is CCCCOCCOCc1cc2ccccc2nc1NC. The summed E-state index contributed by atoms with van der Waals surface area (Å²) < 4.78 is 11.2. The maximum Gasteiger partial charge on any atom is 0.131 e. The predicted octanol–water partition coefficient (Wildman–Crippen LogP) is 3.61. The maximum absolute atomic E-state index is 5.69. The first kappa shape index (κ1) is 15.7. The van der Waals surface area contributed by atoms with E-state index in [1.807, 2.05) is 25.2 Å². The number of rotatable bonds is 9. The summed E-state index contributed by atoms with van der Waals surface area (Å²) in [6.45, 7) is 4.78. The average molecular weight is 288 g/mol. The second-order valence-electron chi connectivity index (χ2n) is 4.96. The fraction of sp³-hybridized carbons (Fsp3) is 0.471. The second kappa shape index (κ2) is 8.60. The number of unbranched alkanes of at least 4 members (excludes halogenated alkanes) is 1. The summed E-state index contributed by atoms with van der Waals surface area (Å²) in [5, 5.41) is 4.27. The van der Waals surface area contributed by atoms with Crippen LogP contribution in [0.5, 0.6) is 0 Å². The summed E-state index contributed by atoms with van der Waals surface area (Å²) in [5.41, 5.74) is 2.07. The lowest BCUT2D eigenvalue weighted by Crippen LogP contribution is -2.07. The molecule has 1 heterocycles. The van der Waals surface area contributed by atoms with Crippen LogP contribution in [0, 0.1) is 0 Å². The summed E-state index contributed by atoms with van der Waals surface area (Å²) in [6.07, 6.45) is 2.27. The molecular weight excluding hydrogens is 264 g/mol. The number of hydrogen-bond donors (Lipinski definition) is 1. The molecule has 0 aliphatic heterocycles. The van der Waals surface area contributed by atoms with Crippen molar-refractivity contribution in [2.24, 2.45) is 0 Å². The lowest BCUT2D eigenvalue weighted by Gasteiger charge is -2.11. The molecule has 0 saturated carbocycles. The van der Waals surface area contributed by atoms with Crippen molar-refractivity contribution in [3.05, 3.63) is 35.9 Å². The first-order valence-corrected chi connectivity index (χ1v) is 7.57. The van der Waals surface area contributed by atoms with Crippen LogP contribution in [0.3, 0.4) is 0 Å². The molecule has 0 unspecified atom stereocenters. The van der Waals surface area contributed by atoms with Crippen LogP contribution in [-0.4, -0.2) is 31.9 Å². The monoisotopic (exact) mass is 288 g/mol. The van der Waals surface area contributed by atoms with E-state index in [0.717, 1.165) is 41.7 Å². The minimum absolute atomic E-state index is 0.547. The van der Waals surface area contributed by atoms with Gasteiger partial charge >= 0.3 is 0 Å². The van der Waals surface area contributed by atoms with Gasteiger partial charge in [-0.25, -0.2) is 4.98 Å². The van der Waals surface area contributed by atoms with Gasteiger partial charge in [-0.15, -0.1) is 0 Å². The molecule has 0 atom stereocenters. The zero-order valence-corrected chi connectivity index (χ0v) is 12.9. The normalized spacial score (nSPS) is 11.0. The van der Waals surface area contributed by atoms with E-state index in [4.69, 9.17) is 9.47 Å². The highest BCUT2D eigenvalue weighted by atomic mass is 16.5. The third-order valence-electron chi connectivity index (χ3n) is 3.31.